The highest BCUT2D eigenvalue weighted by molar-refractivity contribution is 5.96. The standard InChI is InChI=1S/C13H9NO3.ClH/c15-13(16)8-3-4-11-10(6-8)12-9(7-14-11)2-1-5-17-12;/h1-4,6-7H,5H2,(H,15,16);1H. The number of hydrogen-bond donors (Lipinski definition) is 1. The number of halogens is 1. The average Bonchev–Trinajstić information content (AvgIpc) is 2.38. The quantitative estimate of drug-likeness (QED) is 0.859. The molecule has 4 nitrogen and oxygen atoms in total. The summed E-state index contributed by atoms with van der Waals surface area (Å²) >= 11 is 0. The average molecular weight is 264 g/mol. The lowest BCUT2D eigenvalue weighted by Gasteiger charge is -2.14. The molecule has 0 spiro atoms. The maximum Gasteiger partial charge on any atom is 0.335 e. The molecule has 3 rings (SSSR count). The molecule has 0 aliphatic carbocycles. The fourth-order valence-corrected chi connectivity index (χ4v) is 1.90. The van der Waals surface area contributed by atoms with Crippen LogP contribution >= 0.6 is 12.4 Å². The second-order valence-electron chi connectivity index (χ2n) is 3.79. The molecule has 18 heavy (non-hydrogen) atoms. The van der Waals surface area contributed by atoms with Crippen molar-refractivity contribution in [3.63, 3.8) is 0 Å². The van der Waals surface area contributed by atoms with Gasteiger partial charge in [-0.1, -0.05) is 6.08 Å². The second-order valence-corrected chi connectivity index (χ2v) is 3.79. The molecule has 0 saturated heterocycles. The number of carboxylic acid groups (broad SMARTS) is 1. The molecular formula is C13H10ClNO3. The topological polar surface area (TPSA) is 59.4 Å². The second kappa shape index (κ2) is 4.66. The van der Waals surface area contributed by atoms with Gasteiger partial charge in [-0.25, -0.2) is 4.79 Å². The molecule has 0 radical (unpaired) electrons. The van der Waals surface area contributed by atoms with Gasteiger partial charge in [0.2, 0.25) is 0 Å². The van der Waals surface area contributed by atoms with Crippen molar-refractivity contribution in [2.45, 2.75) is 0 Å². The number of ether oxygens (including phenoxy) is 1. The summed E-state index contributed by atoms with van der Waals surface area (Å²) in [7, 11) is 0. The van der Waals surface area contributed by atoms with E-state index in [0.29, 0.717) is 12.4 Å². The maximum atomic E-state index is 10.9. The van der Waals surface area contributed by atoms with Crippen LogP contribution in [-0.2, 0) is 0 Å². The lowest BCUT2D eigenvalue weighted by atomic mass is 10.1. The van der Waals surface area contributed by atoms with Crippen molar-refractivity contribution >= 4 is 35.4 Å². The first-order chi connectivity index (χ1) is 8.25. The number of rotatable bonds is 1. The van der Waals surface area contributed by atoms with Crippen LogP contribution in [0.15, 0.2) is 30.5 Å². The molecule has 5 heteroatoms. The molecule has 0 amide bonds. The number of carboxylic acids is 1. The van der Waals surface area contributed by atoms with E-state index < -0.39 is 5.97 Å². The Hall–Kier alpha value is -2.07. The van der Waals surface area contributed by atoms with Crippen LogP contribution < -0.4 is 4.74 Å². The van der Waals surface area contributed by atoms with Gasteiger partial charge < -0.3 is 9.84 Å². The molecule has 2 aromatic rings. The van der Waals surface area contributed by atoms with E-state index in [1.165, 1.54) is 0 Å². The van der Waals surface area contributed by atoms with Crippen molar-refractivity contribution < 1.29 is 14.6 Å². The number of carbonyl (C=O) groups is 1. The summed E-state index contributed by atoms with van der Waals surface area (Å²) in [6.07, 6.45) is 5.56. The monoisotopic (exact) mass is 263 g/mol. The van der Waals surface area contributed by atoms with Gasteiger partial charge in [0, 0.05) is 17.1 Å². The van der Waals surface area contributed by atoms with Crippen molar-refractivity contribution in [2.24, 2.45) is 0 Å². The van der Waals surface area contributed by atoms with Gasteiger partial charge >= 0.3 is 5.97 Å². The lowest BCUT2D eigenvalue weighted by molar-refractivity contribution is 0.0697. The van der Waals surface area contributed by atoms with Crippen molar-refractivity contribution in [1.29, 1.82) is 0 Å². The Kier molecular flexibility index (Phi) is 3.21. The molecule has 0 unspecified atom stereocenters. The predicted molar refractivity (Wildman–Crippen MR) is 70.5 cm³/mol. The highest BCUT2D eigenvalue weighted by Gasteiger charge is 2.13. The summed E-state index contributed by atoms with van der Waals surface area (Å²) in [5, 5.41) is 9.72. The summed E-state index contributed by atoms with van der Waals surface area (Å²) in [4.78, 5) is 15.2. The molecule has 0 fully saturated rings. The van der Waals surface area contributed by atoms with Gasteiger partial charge in [-0.2, -0.15) is 0 Å². The smallest absolute Gasteiger partial charge is 0.335 e. The molecule has 0 bridgehead atoms. The predicted octanol–water partition coefficient (Wildman–Crippen LogP) is 2.76. The Balaban J connectivity index is 0.00000120. The zero-order valence-corrected chi connectivity index (χ0v) is 10.1. The number of hydrogen-bond acceptors (Lipinski definition) is 3. The van der Waals surface area contributed by atoms with E-state index in [1.807, 2.05) is 12.2 Å². The fraction of sp³-hybridized carbons (Fsp3) is 0.0769. The summed E-state index contributed by atoms with van der Waals surface area (Å²) in [6, 6.07) is 4.84. The van der Waals surface area contributed by atoms with Gasteiger partial charge in [0.1, 0.15) is 12.4 Å². The summed E-state index contributed by atoms with van der Waals surface area (Å²) < 4.78 is 5.55. The SMILES string of the molecule is Cl.O=C(O)c1ccc2ncc3c(c2c1)OCC=C3. The van der Waals surface area contributed by atoms with Crippen molar-refractivity contribution in [3.8, 4) is 5.75 Å². The largest absolute Gasteiger partial charge is 0.488 e. The Morgan fingerprint density at radius 2 is 2.22 bits per heavy atom. The van der Waals surface area contributed by atoms with Gasteiger partial charge in [-0.15, -0.1) is 12.4 Å². The highest BCUT2D eigenvalue weighted by Crippen LogP contribution is 2.31. The van der Waals surface area contributed by atoms with Crippen LogP contribution in [0.2, 0.25) is 0 Å². The molecule has 1 aromatic carbocycles. The van der Waals surface area contributed by atoms with Gasteiger partial charge in [-0.3, -0.25) is 4.98 Å². The number of pyridine rings is 1. The van der Waals surface area contributed by atoms with Crippen LogP contribution in [-0.4, -0.2) is 22.7 Å². The molecule has 1 aliphatic rings. The van der Waals surface area contributed by atoms with Crippen LogP contribution in [0, 0.1) is 0 Å². The number of benzene rings is 1. The molecule has 1 aromatic heterocycles. The van der Waals surface area contributed by atoms with E-state index in [-0.39, 0.29) is 18.0 Å². The van der Waals surface area contributed by atoms with Gasteiger partial charge in [0.25, 0.3) is 0 Å². The van der Waals surface area contributed by atoms with E-state index in [9.17, 15) is 4.79 Å². The third kappa shape index (κ3) is 1.91. The fourth-order valence-electron chi connectivity index (χ4n) is 1.90. The number of aromatic nitrogens is 1. The minimum Gasteiger partial charge on any atom is -0.488 e. The van der Waals surface area contributed by atoms with Crippen LogP contribution in [0.4, 0.5) is 0 Å². The van der Waals surface area contributed by atoms with Crippen LogP contribution in [0.3, 0.4) is 0 Å². The van der Waals surface area contributed by atoms with E-state index in [0.717, 1.165) is 16.5 Å². The minimum atomic E-state index is -0.948. The molecule has 0 saturated carbocycles. The van der Waals surface area contributed by atoms with E-state index in [1.54, 1.807) is 24.4 Å². The van der Waals surface area contributed by atoms with Gasteiger partial charge in [-0.05, 0) is 24.3 Å². The number of fused-ring (bicyclic) bond motifs is 3. The molecule has 1 N–H and O–H groups in total. The molecule has 92 valence electrons. The van der Waals surface area contributed by atoms with Crippen LogP contribution in [0.25, 0.3) is 17.0 Å². The zero-order valence-electron chi connectivity index (χ0n) is 9.29. The maximum absolute atomic E-state index is 10.9. The van der Waals surface area contributed by atoms with E-state index in [2.05, 4.69) is 4.98 Å². The Morgan fingerprint density at radius 1 is 1.39 bits per heavy atom. The Labute approximate surface area is 109 Å². The van der Waals surface area contributed by atoms with Gasteiger partial charge in [0.15, 0.2) is 0 Å². The van der Waals surface area contributed by atoms with Crippen LogP contribution in [0.5, 0.6) is 5.75 Å². The summed E-state index contributed by atoms with van der Waals surface area (Å²) in [6.45, 7) is 0.503. The van der Waals surface area contributed by atoms with Crippen molar-refractivity contribution in [1.82, 2.24) is 4.98 Å². The summed E-state index contributed by atoms with van der Waals surface area (Å²) in [5.41, 5.74) is 1.86. The molecular weight excluding hydrogens is 254 g/mol. The van der Waals surface area contributed by atoms with Crippen molar-refractivity contribution in [2.75, 3.05) is 6.61 Å². The molecule has 1 aliphatic heterocycles. The Morgan fingerprint density at radius 3 is 3.00 bits per heavy atom. The lowest BCUT2D eigenvalue weighted by Crippen LogP contribution is -2.03. The zero-order chi connectivity index (χ0) is 11.8. The first kappa shape index (κ1) is 12.4. The minimum absolute atomic E-state index is 0. The molecule has 0 atom stereocenters. The van der Waals surface area contributed by atoms with E-state index >= 15 is 0 Å². The first-order valence-electron chi connectivity index (χ1n) is 5.21. The number of nitrogens with zero attached hydrogens (tertiary/aromatic N) is 1. The van der Waals surface area contributed by atoms with Gasteiger partial charge in [0.05, 0.1) is 11.1 Å². The normalized spacial score (nSPS) is 12.4. The summed E-state index contributed by atoms with van der Waals surface area (Å²) in [5.74, 6) is -0.239. The van der Waals surface area contributed by atoms with Crippen LogP contribution in [0.1, 0.15) is 15.9 Å². The third-order valence-corrected chi connectivity index (χ3v) is 2.71. The highest BCUT2D eigenvalue weighted by atomic mass is 35.5. The molecule has 2 heterocycles. The van der Waals surface area contributed by atoms with Crippen molar-refractivity contribution in [3.05, 3.63) is 41.6 Å². The van der Waals surface area contributed by atoms with E-state index in [4.69, 9.17) is 9.84 Å². The third-order valence-electron chi connectivity index (χ3n) is 2.71. The number of aromatic carboxylic acids is 1. The Bertz CT molecular complexity index is 652. The first-order valence-corrected chi connectivity index (χ1v) is 5.21.